The van der Waals surface area contributed by atoms with Gasteiger partial charge in [0.15, 0.2) is 5.13 Å². The third-order valence-electron chi connectivity index (χ3n) is 4.07. The molecular formula is C18H15ClN4O3S. The summed E-state index contributed by atoms with van der Waals surface area (Å²) < 4.78 is 6.38. The number of hydrogen-bond acceptors (Lipinski definition) is 6. The minimum absolute atomic E-state index is 0.116. The molecule has 2 aromatic heterocycles. The van der Waals surface area contributed by atoms with Crippen LogP contribution < -0.4 is 10.9 Å². The predicted octanol–water partition coefficient (Wildman–Crippen LogP) is 2.77. The molecule has 4 rings (SSSR count). The lowest BCUT2D eigenvalue weighted by Crippen LogP contribution is -2.39. The summed E-state index contributed by atoms with van der Waals surface area (Å²) in [5.41, 5.74) is 0.978. The average Bonchev–Trinajstić information content (AvgIpc) is 3.02. The van der Waals surface area contributed by atoms with E-state index in [1.54, 1.807) is 6.20 Å². The first-order valence-corrected chi connectivity index (χ1v) is 9.46. The van der Waals surface area contributed by atoms with Gasteiger partial charge in [-0.05, 0) is 23.8 Å². The van der Waals surface area contributed by atoms with E-state index in [0.29, 0.717) is 29.8 Å². The summed E-state index contributed by atoms with van der Waals surface area (Å²) in [4.78, 5) is 29.6. The van der Waals surface area contributed by atoms with Crippen molar-refractivity contribution in [3.63, 3.8) is 0 Å². The molecule has 0 spiro atoms. The van der Waals surface area contributed by atoms with Gasteiger partial charge in [-0.25, -0.2) is 9.67 Å². The number of halogens is 1. The average molecular weight is 403 g/mol. The van der Waals surface area contributed by atoms with E-state index in [9.17, 15) is 9.59 Å². The second-order valence-electron chi connectivity index (χ2n) is 6.09. The van der Waals surface area contributed by atoms with Gasteiger partial charge in [-0.15, -0.1) is 11.3 Å². The van der Waals surface area contributed by atoms with Gasteiger partial charge in [0.2, 0.25) is 0 Å². The zero-order valence-electron chi connectivity index (χ0n) is 14.1. The molecule has 0 bridgehead atoms. The van der Waals surface area contributed by atoms with Crippen LogP contribution in [0, 0.1) is 0 Å². The number of hydrogen-bond donors (Lipinski definition) is 1. The minimum atomic E-state index is -0.410. The Hall–Kier alpha value is -2.55. The molecule has 1 aliphatic heterocycles. The molecular weight excluding hydrogens is 388 g/mol. The number of nitrogens with one attached hydrogen (secondary N) is 1. The molecule has 0 unspecified atom stereocenters. The zero-order valence-corrected chi connectivity index (χ0v) is 15.7. The largest absolute Gasteiger partial charge is 0.377 e. The van der Waals surface area contributed by atoms with Crippen molar-refractivity contribution in [3.05, 3.63) is 74.1 Å². The van der Waals surface area contributed by atoms with Gasteiger partial charge in [0, 0.05) is 28.6 Å². The maximum Gasteiger partial charge on any atom is 0.277 e. The lowest BCUT2D eigenvalue weighted by atomic mass is 10.1. The van der Waals surface area contributed by atoms with Gasteiger partial charge in [0.1, 0.15) is 11.7 Å². The molecule has 1 amide bonds. The van der Waals surface area contributed by atoms with E-state index in [1.807, 2.05) is 24.3 Å². The maximum atomic E-state index is 12.4. The molecule has 9 heteroatoms. The summed E-state index contributed by atoms with van der Waals surface area (Å²) >= 11 is 7.39. The van der Waals surface area contributed by atoms with Crippen LogP contribution in [0.5, 0.6) is 0 Å². The number of amides is 1. The zero-order chi connectivity index (χ0) is 18.8. The number of anilines is 1. The van der Waals surface area contributed by atoms with Crippen LogP contribution in [-0.2, 0) is 11.2 Å². The molecule has 0 atom stereocenters. The Morgan fingerprint density at radius 3 is 2.93 bits per heavy atom. The third-order valence-corrected chi connectivity index (χ3v) is 5.21. The van der Waals surface area contributed by atoms with Crippen molar-refractivity contribution in [3.8, 4) is 0 Å². The third kappa shape index (κ3) is 4.08. The summed E-state index contributed by atoms with van der Waals surface area (Å²) in [6.45, 7) is 0.856. The number of ether oxygens (including phenoxy) is 1. The highest BCUT2D eigenvalue weighted by Crippen LogP contribution is 2.23. The van der Waals surface area contributed by atoms with Crippen LogP contribution in [0.2, 0.25) is 5.02 Å². The molecule has 1 fully saturated rings. The summed E-state index contributed by atoms with van der Waals surface area (Å²) in [6, 6.07) is 10.2. The quantitative estimate of drug-likeness (QED) is 0.709. The SMILES string of the molecule is O=C(Nc1ncc(Cc2cccc(Cl)c2)s1)c1ccc(=O)n(C2COC2)n1. The number of aromatic nitrogens is 3. The highest BCUT2D eigenvalue weighted by Gasteiger charge is 2.23. The van der Waals surface area contributed by atoms with Crippen LogP contribution in [0.4, 0.5) is 5.13 Å². The lowest BCUT2D eigenvalue weighted by molar-refractivity contribution is -0.0309. The van der Waals surface area contributed by atoms with Crippen LogP contribution in [0.1, 0.15) is 27.0 Å². The molecule has 0 radical (unpaired) electrons. The Balaban J connectivity index is 1.46. The topological polar surface area (TPSA) is 86.1 Å². The Labute approximate surface area is 163 Å². The molecule has 1 aromatic carbocycles. The van der Waals surface area contributed by atoms with Crippen LogP contribution in [0.25, 0.3) is 0 Å². The molecule has 1 N–H and O–H groups in total. The van der Waals surface area contributed by atoms with E-state index in [-0.39, 0.29) is 17.3 Å². The van der Waals surface area contributed by atoms with Gasteiger partial charge in [0.25, 0.3) is 11.5 Å². The van der Waals surface area contributed by atoms with Gasteiger partial charge in [0.05, 0.1) is 13.2 Å². The highest BCUT2D eigenvalue weighted by atomic mass is 35.5. The lowest BCUT2D eigenvalue weighted by Gasteiger charge is -2.26. The number of nitrogens with zero attached hydrogens (tertiary/aromatic N) is 3. The van der Waals surface area contributed by atoms with Crippen LogP contribution >= 0.6 is 22.9 Å². The van der Waals surface area contributed by atoms with E-state index in [2.05, 4.69) is 15.4 Å². The van der Waals surface area contributed by atoms with Crippen LogP contribution in [-0.4, -0.2) is 33.9 Å². The van der Waals surface area contributed by atoms with E-state index in [4.69, 9.17) is 16.3 Å². The van der Waals surface area contributed by atoms with E-state index in [0.717, 1.165) is 10.4 Å². The fourth-order valence-corrected chi connectivity index (χ4v) is 3.68. The minimum Gasteiger partial charge on any atom is -0.377 e. The van der Waals surface area contributed by atoms with Crippen molar-refractivity contribution in [1.82, 2.24) is 14.8 Å². The molecule has 0 aliphatic carbocycles. The molecule has 3 heterocycles. The molecule has 0 saturated carbocycles. The molecule has 3 aromatic rings. The van der Waals surface area contributed by atoms with Crippen molar-refractivity contribution in [2.24, 2.45) is 0 Å². The Bertz CT molecular complexity index is 1040. The summed E-state index contributed by atoms with van der Waals surface area (Å²) in [7, 11) is 0. The van der Waals surface area contributed by atoms with Crippen molar-refractivity contribution in [1.29, 1.82) is 0 Å². The fraction of sp³-hybridized carbons (Fsp3) is 0.222. The second kappa shape index (κ2) is 7.59. The number of rotatable bonds is 5. The summed E-state index contributed by atoms with van der Waals surface area (Å²) in [5, 5.41) is 8.04. The Morgan fingerprint density at radius 2 is 2.19 bits per heavy atom. The Kier molecular flexibility index (Phi) is 5.02. The normalized spacial score (nSPS) is 14.0. The van der Waals surface area contributed by atoms with Crippen molar-refractivity contribution in [2.45, 2.75) is 12.5 Å². The first-order valence-electron chi connectivity index (χ1n) is 8.26. The first kappa shape index (κ1) is 17.8. The molecule has 7 nitrogen and oxygen atoms in total. The predicted molar refractivity (Wildman–Crippen MR) is 103 cm³/mol. The van der Waals surface area contributed by atoms with Gasteiger partial charge in [-0.1, -0.05) is 23.7 Å². The van der Waals surface area contributed by atoms with Gasteiger partial charge >= 0.3 is 0 Å². The van der Waals surface area contributed by atoms with Gasteiger partial charge < -0.3 is 4.74 Å². The number of carbonyl (C=O) groups excluding carboxylic acids is 1. The Morgan fingerprint density at radius 1 is 1.33 bits per heavy atom. The van der Waals surface area contributed by atoms with Crippen LogP contribution in [0.3, 0.4) is 0 Å². The van der Waals surface area contributed by atoms with Crippen molar-refractivity contribution >= 4 is 34.0 Å². The first-order chi connectivity index (χ1) is 13.1. The van der Waals surface area contributed by atoms with E-state index < -0.39 is 5.91 Å². The van der Waals surface area contributed by atoms with Crippen LogP contribution in [0.15, 0.2) is 47.4 Å². The van der Waals surface area contributed by atoms with Gasteiger partial charge in [-0.3, -0.25) is 14.9 Å². The van der Waals surface area contributed by atoms with E-state index >= 15 is 0 Å². The summed E-state index contributed by atoms with van der Waals surface area (Å²) in [5.74, 6) is -0.410. The molecule has 1 saturated heterocycles. The second-order valence-corrected chi connectivity index (χ2v) is 7.64. The van der Waals surface area contributed by atoms with E-state index in [1.165, 1.54) is 28.2 Å². The maximum absolute atomic E-state index is 12.4. The van der Waals surface area contributed by atoms with Gasteiger partial charge in [-0.2, -0.15) is 5.10 Å². The highest BCUT2D eigenvalue weighted by molar-refractivity contribution is 7.15. The molecule has 27 heavy (non-hydrogen) atoms. The standard InChI is InChI=1S/C18H15ClN4O3S/c19-12-3-1-2-11(6-12)7-14-8-20-18(27-14)21-17(25)15-4-5-16(24)23(22-15)13-9-26-10-13/h1-6,8,13H,7,9-10H2,(H,20,21,25). The fourth-order valence-electron chi connectivity index (χ4n) is 2.63. The monoisotopic (exact) mass is 402 g/mol. The number of thiazole rings is 1. The number of carbonyl (C=O) groups is 1. The number of benzene rings is 1. The van der Waals surface area contributed by atoms with Crippen molar-refractivity contribution < 1.29 is 9.53 Å². The molecule has 138 valence electrons. The summed E-state index contributed by atoms with van der Waals surface area (Å²) in [6.07, 6.45) is 2.40. The smallest absolute Gasteiger partial charge is 0.277 e. The molecule has 1 aliphatic rings. The van der Waals surface area contributed by atoms with Crippen molar-refractivity contribution in [2.75, 3.05) is 18.5 Å².